The van der Waals surface area contributed by atoms with E-state index in [-0.39, 0.29) is 11.5 Å². The van der Waals surface area contributed by atoms with Crippen molar-refractivity contribution in [2.75, 3.05) is 39.9 Å². The van der Waals surface area contributed by atoms with Crippen LogP contribution in [0.5, 0.6) is 0 Å². The number of likely N-dealkylation sites (N-methyl/N-ethyl adjacent to an activating group) is 1. The lowest BCUT2D eigenvalue weighted by molar-refractivity contribution is 0.0701. The average molecular weight is 294 g/mol. The molecule has 1 atom stereocenters. The van der Waals surface area contributed by atoms with Gasteiger partial charge < -0.3 is 4.74 Å². The van der Waals surface area contributed by atoms with Crippen molar-refractivity contribution >= 4 is 10.2 Å². The summed E-state index contributed by atoms with van der Waals surface area (Å²) in [6, 6.07) is -0.117. The van der Waals surface area contributed by atoms with E-state index >= 15 is 0 Å². The minimum Gasteiger partial charge on any atom is -0.379 e. The second kappa shape index (κ2) is 6.47. The number of hydrazine groups is 1. The van der Waals surface area contributed by atoms with E-state index in [1.165, 1.54) is 8.61 Å². The van der Waals surface area contributed by atoms with Crippen molar-refractivity contribution in [1.29, 1.82) is 0 Å². The molecule has 1 rings (SSSR count). The van der Waals surface area contributed by atoms with Crippen molar-refractivity contribution in [3.05, 3.63) is 0 Å². The van der Waals surface area contributed by atoms with E-state index in [9.17, 15) is 8.42 Å². The molecule has 0 amide bonds. The summed E-state index contributed by atoms with van der Waals surface area (Å²) >= 11 is 0. The Morgan fingerprint density at radius 2 is 1.89 bits per heavy atom. The molecule has 0 aliphatic carbocycles. The Kier molecular flexibility index (Phi) is 5.72. The highest BCUT2D eigenvalue weighted by Gasteiger charge is 2.32. The van der Waals surface area contributed by atoms with Gasteiger partial charge in [-0.25, -0.2) is 0 Å². The van der Waals surface area contributed by atoms with E-state index in [0.717, 1.165) is 0 Å². The Hall–Kier alpha value is -0.250. The molecular weight excluding hydrogens is 268 g/mol. The number of nitrogens with one attached hydrogen (secondary N) is 1. The zero-order chi connectivity index (χ0) is 14.7. The zero-order valence-electron chi connectivity index (χ0n) is 12.2. The van der Waals surface area contributed by atoms with Crippen LogP contribution >= 0.6 is 0 Å². The maximum Gasteiger partial charge on any atom is 0.281 e. The van der Waals surface area contributed by atoms with Gasteiger partial charge in [-0.1, -0.05) is 20.8 Å². The lowest BCUT2D eigenvalue weighted by Crippen LogP contribution is -2.54. The number of nitrogens with zero attached hydrogens (tertiary/aromatic N) is 2. The van der Waals surface area contributed by atoms with Crippen LogP contribution in [0.3, 0.4) is 0 Å². The number of rotatable bonds is 5. The van der Waals surface area contributed by atoms with Gasteiger partial charge in [-0.05, 0) is 5.41 Å². The first-order chi connectivity index (χ1) is 8.69. The molecule has 1 saturated heterocycles. The molecule has 3 N–H and O–H groups in total. The second-order valence-electron chi connectivity index (χ2n) is 5.88. The van der Waals surface area contributed by atoms with E-state index in [1.54, 1.807) is 7.05 Å². The fourth-order valence-corrected chi connectivity index (χ4v) is 3.24. The highest BCUT2D eigenvalue weighted by atomic mass is 32.2. The standard InChI is InChI=1S/C11H26N4O3S/c1-11(2,3)10(13-12)9-14(4)19(16,17)15-5-7-18-8-6-15/h10,13H,5-9,12H2,1-4H3/t10-/m1/s1. The number of ether oxygens (including phenoxy) is 1. The number of morpholine rings is 1. The minimum atomic E-state index is -3.44. The molecule has 0 radical (unpaired) electrons. The van der Waals surface area contributed by atoms with Crippen molar-refractivity contribution in [2.45, 2.75) is 26.8 Å². The topological polar surface area (TPSA) is 87.9 Å². The highest BCUT2D eigenvalue weighted by molar-refractivity contribution is 7.86. The first-order valence-corrected chi connectivity index (χ1v) is 7.84. The van der Waals surface area contributed by atoms with Gasteiger partial charge in [0.05, 0.1) is 13.2 Å². The summed E-state index contributed by atoms with van der Waals surface area (Å²) in [5, 5.41) is 0. The van der Waals surface area contributed by atoms with E-state index in [2.05, 4.69) is 5.43 Å². The van der Waals surface area contributed by atoms with Crippen molar-refractivity contribution in [3.63, 3.8) is 0 Å². The monoisotopic (exact) mass is 294 g/mol. The molecule has 114 valence electrons. The van der Waals surface area contributed by atoms with Crippen molar-refractivity contribution in [2.24, 2.45) is 11.3 Å². The minimum absolute atomic E-state index is 0.117. The maximum absolute atomic E-state index is 12.4. The predicted molar refractivity (Wildman–Crippen MR) is 74.5 cm³/mol. The van der Waals surface area contributed by atoms with Crippen LogP contribution in [0.4, 0.5) is 0 Å². The quantitative estimate of drug-likeness (QED) is 0.521. The molecular formula is C11H26N4O3S. The van der Waals surface area contributed by atoms with Crippen LogP contribution in [0.1, 0.15) is 20.8 Å². The van der Waals surface area contributed by atoms with Crippen LogP contribution in [-0.4, -0.2) is 63.0 Å². The van der Waals surface area contributed by atoms with Crippen LogP contribution in [0.15, 0.2) is 0 Å². The second-order valence-corrected chi connectivity index (χ2v) is 7.92. The zero-order valence-corrected chi connectivity index (χ0v) is 13.0. The molecule has 7 nitrogen and oxygen atoms in total. The predicted octanol–water partition coefficient (Wildman–Crippen LogP) is -0.627. The van der Waals surface area contributed by atoms with Crippen LogP contribution < -0.4 is 11.3 Å². The molecule has 0 aromatic heterocycles. The Morgan fingerprint density at radius 1 is 1.37 bits per heavy atom. The van der Waals surface area contributed by atoms with Gasteiger partial charge in [0.1, 0.15) is 0 Å². The Morgan fingerprint density at radius 3 is 2.32 bits per heavy atom. The largest absolute Gasteiger partial charge is 0.379 e. The fraction of sp³-hybridized carbons (Fsp3) is 1.00. The highest BCUT2D eigenvalue weighted by Crippen LogP contribution is 2.20. The number of nitrogens with two attached hydrogens (primary N) is 1. The SMILES string of the molecule is CN(C[C@@H](NN)C(C)(C)C)S(=O)(=O)N1CCOCC1. The summed E-state index contributed by atoms with van der Waals surface area (Å²) < 4.78 is 32.8. The third-order valence-electron chi connectivity index (χ3n) is 3.38. The van der Waals surface area contributed by atoms with Gasteiger partial charge in [-0.2, -0.15) is 17.0 Å². The first kappa shape index (κ1) is 16.8. The van der Waals surface area contributed by atoms with Crippen molar-refractivity contribution in [3.8, 4) is 0 Å². The summed E-state index contributed by atoms with van der Waals surface area (Å²) in [6.07, 6.45) is 0. The Bertz CT molecular complexity index is 374. The van der Waals surface area contributed by atoms with Crippen LogP contribution in [0, 0.1) is 5.41 Å². The van der Waals surface area contributed by atoms with Gasteiger partial charge >= 0.3 is 0 Å². The molecule has 8 heteroatoms. The third kappa shape index (κ3) is 4.37. The van der Waals surface area contributed by atoms with Gasteiger partial charge in [-0.15, -0.1) is 0 Å². The fourth-order valence-electron chi connectivity index (χ4n) is 1.90. The normalized spacial score (nSPS) is 20.7. The smallest absolute Gasteiger partial charge is 0.281 e. The lowest BCUT2D eigenvalue weighted by atomic mass is 9.87. The van der Waals surface area contributed by atoms with Crippen LogP contribution in [-0.2, 0) is 14.9 Å². The van der Waals surface area contributed by atoms with Crippen molar-refractivity contribution in [1.82, 2.24) is 14.0 Å². The molecule has 0 aromatic rings. The Balaban J connectivity index is 2.72. The molecule has 0 spiro atoms. The molecule has 0 saturated carbocycles. The molecule has 1 fully saturated rings. The van der Waals surface area contributed by atoms with Gasteiger partial charge in [0.15, 0.2) is 0 Å². The van der Waals surface area contributed by atoms with Crippen LogP contribution in [0.2, 0.25) is 0 Å². The molecule has 0 unspecified atom stereocenters. The Labute approximate surface area is 116 Å². The van der Waals surface area contributed by atoms with E-state index in [4.69, 9.17) is 10.6 Å². The molecule has 0 bridgehead atoms. The van der Waals surface area contributed by atoms with E-state index in [1.807, 2.05) is 20.8 Å². The third-order valence-corrected chi connectivity index (χ3v) is 5.33. The molecule has 1 aliphatic heterocycles. The lowest BCUT2D eigenvalue weighted by Gasteiger charge is -2.35. The summed E-state index contributed by atoms with van der Waals surface area (Å²) in [5.41, 5.74) is 2.58. The van der Waals surface area contributed by atoms with Gasteiger partial charge in [0, 0.05) is 32.7 Å². The van der Waals surface area contributed by atoms with Crippen molar-refractivity contribution < 1.29 is 13.2 Å². The van der Waals surface area contributed by atoms with Gasteiger partial charge in [0.2, 0.25) is 0 Å². The molecule has 1 heterocycles. The van der Waals surface area contributed by atoms with Crippen LogP contribution in [0.25, 0.3) is 0 Å². The van der Waals surface area contributed by atoms with E-state index < -0.39 is 10.2 Å². The molecule has 0 aromatic carbocycles. The number of hydrogen-bond donors (Lipinski definition) is 2. The summed E-state index contributed by atoms with van der Waals surface area (Å²) in [7, 11) is -1.85. The number of hydrogen-bond acceptors (Lipinski definition) is 5. The first-order valence-electron chi connectivity index (χ1n) is 6.45. The maximum atomic E-state index is 12.4. The summed E-state index contributed by atoms with van der Waals surface area (Å²) in [4.78, 5) is 0. The summed E-state index contributed by atoms with van der Waals surface area (Å²) in [6.45, 7) is 8.10. The molecule has 1 aliphatic rings. The average Bonchev–Trinajstić information content (AvgIpc) is 2.35. The molecule has 19 heavy (non-hydrogen) atoms. The summed E-state index contributed by atoms with van der Waals surface area (Å²) in [5.74, 6) is 5.52. The van der Waals surface area contributed by atoms with Gasteiger partial charge in [-0.3, -0.25) is 11.3 Å². The van der Waals surface area contributed by atoms with Gasteiger partial charge in [0.25, 0.3) is 10.2 Å². The van der Waals surface area contributed by atoms with E-state index in [0.29, 0.717) is 32.8 Å².